The Kier molecular flexibility index (Phi) is 7.10. The molecule has 0 bridgehead atoms. The third kappa shape index (κ3) is 5.11. The first-order chi connectivity index (χ1) is 12.1. The van der Waals surface area contributed by atoms with E-state index in [4.69, 9.17) is 9.47 Å². The average molecular weight is 348 g/mol. The van der Waals surface area contributed by atoms with Crippen LogP contribution in [0.1, 0.15) is 44.7 Å². The van der Waals surface area contributed by atoms with Crippen molar-refractivity contribution in [2.75, 3.05) is 26.8 Å². The van der Waals surface area contributed by atoms with E-state index in [-0.39, 0.29) is 24.0 Å². The van der Waals surface area contributed by atoms with Gasteiger partial charge in [-0.05, 0) is 43.9 Å². The quantitative estimate of drug-likeness (QED) is 0.858. The molecule has 1 aromatic carbocycles. The number of nitrogens with zero attached hydrogens (tertiary/aromatic N) is 1. The number of carbonyl (C=O) groups excluding carboxylic acids is 2. The first-order valence-corrected chi connectivity index (χ1v) is 8.95. The van der Waals surface area contributed by atoms with Crippen LogP contribution < -0.4 is 10.1 Å². The Morgan fingerprint density at radius 2 is 2.00 bits per heavy atom. The molecule has 1 aromatic rings. The SMILES string of the molecule is CCOC(=O)N1CCCC(C(=O)NC(CC)c2ccc(OC)cc2)C1. The molecule has 1 N–H and O–H groups in total. The molecule has 2 amide bonds. The number of amides is 2. The van der Waals surface area contributed by atoms with Gasteiger partial charge in [0.25, 0.3) is 0 Å². The zero-order valence-corrected chi connectivity index (χ0v) is 15.3. The molecule has 1 aliphatic rings. The number of hydrogen-bond acceptors (Lipinski definition) is 4. The van der Waals surface area contributed by atoms with E-state index in [1.165, 1.54) is 0 Å². The van der Waals surface area contributed by atoms with Crippen LogP contribution in [-0.2, 0) is 9.53 Å². The normalized spacial score (nSPS) is 18.4. The van der Waals surface area contributed by atoms with Crippen molar-refractivity contribution in [3.05, 3.63) is 29.8 Å². The van der Waals surface area contributed by atoms with E-state index in [0.717, 1.165) is 30.6 Å². The number of ether oxygens (including phenoxy) is 2. The molecule has 0 aromatic heterocycles. The fourth-order valence-electron chi connectivity index (χ4n) is 3.12. The van der Waals surface area contributed by atoms with E-state index < -0.39 is 0 Å². The Balaban J connectivity index is 1.97. The molecular formula is C19H28N2O4. The molecule has 2 rings (SSSR count). The first-order valence-electron chi connectivity index (χ1n) is 8.95. The van der Waals surface area contributed by atoms with Crippen molar-refractivity contribution in [2.24, 2.45) is 5.92 Å². The molecule has 1 saturated heterocycles. The van der Waals surface area contributed by atoms with Crippen LogP contribution in [0.15, 0.2) is 24.3 Å². The number of carbonyl (C=O) groups is 2. The van der Waals surface area contributed by atoms with Crippen LogP contribution in [0.2, 0.25) is 0 Å². The number of hydrogen-bond donors (Lipinski definition) is 1. The summed E-state index contributed by atoms with van der Waals surface area (Å²) in [6.45, 7) is 5.25. The average Bonchev–Trinajstić information content (AvgIpc) is 2.66. The third-order valence-corrected chi connectivity index (χ3v) is 4.56. The predicted octanol–water partition coefficient (Wildman–Crippen LogP) is 3.13. The molecule has 0 saturated carbocycles. The van der Waals surface area contributed by atoms with Gasteiger partial charge in [-0.15, -0.1) is 0 Å². The van der Waals surface area contributed by atoms with Crippen LogP contribution >= 0.6 is 0 Å². The molecule has 0 aliphatic carbocycles. The Morgan fingerprint density at radius 3 is 2.60 bits per heavy atom. The summed E-state index contributed by atoms with van der Waals surface area (Å²) in [5.41, 5.74) is 1.05. The summed E-state index contributed by atoms with van der Waals surface area (Å²) in [6.07, 6.45) is 2.07. The number of likely N-dealkylation sites (tertiary alicyclic amines) is 1. The highest BCUT2D eigenvalue weighted by Crippen LogP contribution is 2.23. The third-order valence-electron chi connectivity index (χ3n) is 4.56. The lowest BCUT2D eigenvalue weighted by Crippen LogP contribution is -2.46. The van der Waals surface area contributed by atoms with Crippen molar-refractivity contribution >= 4 is 12.0 Å². The predicted molar refractivity (Wildman–Crippen MR) is 95.5 cm³/mol. The lowest BCUT2D eigenvalue weighted by molar-refractivity contribution is -0.127. The molecule has 1 fully saturated rings. The molecule has 138 valence electrons. The monoisotopic (exact) mass is 348 g/mol. The molecular weight excluding hydrogens is 320 g/mol. The first kappa shape index (κ1) is 19.1. The van der Waals surface area contributed by atoms with Gasteiger partial charge < -0.3 is 19.7 Å². The molecule has 2 atom stereocenters. The van der Waals surface area contributed by atoms with Crippen LogP contribution in [0.25, 0.3) is 0 Å². The van der Waals surface area contributed by atoms with E-state index in [2.05, 4.69) is 5.32 Å². The molecule has 1 heterocycles. The van der Waals surface area contributed by atoms with Gasteiger partial charge in [0.2, 0.25) is 5.91 Å². The largest absolute Gasteiger partial charge is 0.497 e. The minimum atomic E-state index is -0.331. The van der Waals surface area contributed by atoms with Crippen LogP contribution in [0, 0.1) is 5.92 Å². The van der Waals surface area contributed by atoms with Crippen molar-refractivity contribution in [3.63, 3.8) is 0 Å². The standard InChI is InChI=1S/C19H28N2O4/c1-4-17(14-8-10-16(24-3)11-9-14)20-18(22)15-7-6-12-21(13-15)19(23)25-5-2/h8-11,15,17H,4-7,12-13H2,1-3H3,(H,20,22). The second-order valence-electron chi connectivity index (χ2n) is 6.23. The maximum Gasteiger partial charge on any atom is 0.409 e. The van der Waals surface area contributed by atoms with Gasteiger partial charge >= 0.3 is 6.09 Å². The molecule has 1 aliphatic heterocycles. The van der Waals surface area contributed by atoms with Gasteiger partial charge in [-0.25, -0.2) is 4.79 Å². The van der Waals surface area contributed by atoms with Gasteiger partial charge in [0.05, 0.1) is 25.7 Å². The Hall–Kier alpha value is -2.24. The molecule has 2 unspecified atom stereocenters. The minimum absolute atomic E-state index is 0.00309. The Labute approximate surface area is 149 Å². The molecule has 6 nitrogen and oxygen atoms in total. The van der Waals surface area contributed by atoms with Gasteiger partial charge in [-0.1, -0.05) is 19.1 Å². The van der Waals surface area contributed by atoms with E-state index in [9.17, 15) is 9.59 Å². The van der Waals surface area contributed by atoms with E-state index >= 15 is 0 Å². The van der Waals surface area contributed by atoms with Crippen LogP contribution in [-0.4, -0.2) is 43.7 Å². The summed E-state index contributed by atoms with van der Waals surface area (Å²) < 4.78 is 10.2. The number of nitrogens with one attached hydrogen (secondary N) is 1. The summed E-state index contributed by atoms with van der Waals surface area (Å²) in [5, 5.41) is 3.12. The molecule has 6 heteroatoms. The van der Waals surface area contributed by atoms with Crippen molar-refractivity contribution in [2.45, 2.75) is 39.2 Å². The smallest absolute Gasteiger partial charge is 0.409 e. The Morgan fingerprint density at radius 1 is 1.28 bits per heavy atom. The number of methoxy groups -OCH3 is 1. The fraction of sp³-hybridized carbons (Fsp3) is 0.579. The molecule has 25 heavy (non-hydrogen) atoms. The lowest BCUT2D eigenvalue weighted by Gasteiger charge is -2.32. The lowest BCUT2D eigenvalue weighted by atomic mass is 9.96. The zero-order valence-electron chi connectivity index (χ0n) is 15.3. The van der Waals surface area contributed by atoms with Crippen molar-refractivity contribution in [3.8, 4) is 5.75 Å². The topological polar surface area (TPSA) is 67.9 Å². The van der Waals surface area contributed by atoms with Crippen molar-refractivity contribution in [1.82, 2.24) is 10.2 Å². The maximum atomic E-state index is 12.7. The summed E-state index contributed by atoms with van der Waals surface area (Å²) in [4.78, 5) is 26.2. The number of rotatable bonds is 6. The summed E-state index contributed by atoms with van der Waals surface area (Å²) in [6, 6.07) is 7.69. The molecule has 0 spiro atoms. The zero-order chi connectivity index (χ0) is 18.2. The van der Waals surface area contributed by atoms with Crippen LogP contribution in [0.5, 0.6) is 5.75 Å². The fourth-order valence-corrected chi connectivity index (χ4v) is 3.12. The van der Waals surface area contributed by atoms with E-state index in [1.54, 1.807) is 18.9 Å². The van der Waals surface area contributed by atoms with Gasteiger partial charge in [0.15, 0.2) is 0 Å². The van der Waals surface area contributed by atoms with Gasteiger partial charge in [-0.3, -0.25) is 4.79 Å². The number of piperidine rings is 1. The summed E-state index contributed by atoms with van der Waals surface area (Å²) in [5.74, 6) is 0.601. The van der Waals surface area contributed by atoms with Crippen molar-refractivity contribution < 1.29 is 19.1 Å². The maximum absolute atomic E-state index is 12.7. The van der Waals surface area contributed by atoms with E-state index in [1.807, 2.05) is 31.2 Å². The minimum Gasteiger partial charge on any atom is -0.497 e. The van der Waals surface area contributed by atoms with Crippen LogP contribution in [0.4, 0.5) is 4.79 Å². The van der Waals surface area contributed by atoms with Crippen LogP contribution in [0.3, 0.4) is 0 Å². The van der Waals surface area contributed by atoms with Gasteiger partial charge in [-0.2, -0.15) is 0 Å². The van der Waals surface area contributed by atoms with E-state index in [0.29, 0.717) is 19.7 Å². The Bertz CT molecular complexity index is 573. The highest BCUT2D eigenvalue weighted by Gasteiger charge is 2.30. The highest BCUT2D eigenvalue weighted by molar-refractivity contribution is 5.80. The van der Waals surface area contributed by atoms with Gasteiger partial charge in [0, 0.05) is 13.1 Å². The second kappa shape index (κ2) is 9.30. The van der Waals surface area contributed by atoms with Gasteiger partial charge in [0.1, 0.15) is 5.75 Å². The summed E-state index contributed by atoms with van der Waals surface area (Å²) >= 11 is 0. The number of benzene rings is 1. The second-order valence-corrected chi connectivity index (χ2v) is 6.23. The summed E-state index contributed by atoms with van der Waals surface area (Å²) in [7, 11) is 1.63. The van der Waals surface area contributed by atoms with Crippen molar-refractivity contribution in [1.29, 1.82) is 0 Å². The molecule has 0 radical (unpaired) electrons. The highest BCUT2D eigenvalue weighted by atomic mass is 16.6.